The highest BCUT2D eigenvalue weighted by Crippen LogP contribution is 2.29. The van der Waals surface area contributed by atoms with Crippen molar-refractivity contribution >= 4 is 33.2 Å². The highest BCUT2D eigenvalue weighted by Gasteiger charge is 2.18. The number of anilines is 1. The van der Waals surface area contributed by atoms with Gasteiger partial charge in [0.25, 0.3) is 0 Å². The molecule has 1 aromatic carbocycles. The molecule has 19 heavy (non-hydrogen) atoms. The molecule has 0 saturated heterocycles. The molecule has 2 nitrogen and oxygen atoms in total. The summed E-state index contributed by atoms with van der Waals surface area (Å²) in [6.07, 6.45) is 2.25. The minimum Gasteiger partial charge on any atom is -0.383 e. The van der Waals surface area contributed by atoms with E-state index in [9.17, 15) is 0 Å². The van der Waals surface area contributed by atoms with Crippen molar-refractivity contribution in [3.05, 3.63) is 28.2 Å². The maximum atomic E-state index is 6.09. The van der Waals surface area contributed by atoms with Crippen molar-refractivity contribution < 1.29 is 4.74 Å². The molecule has 1 aromatic rings. The fourth-order valence-corrected chi connectivity index (χ4v) is 2.98. The van der Waals surface area contributed by atoms with Gasteiger partial charge in [-0.15, -0.1) is 11.6 Å². The van der Waals surface area contributed by atoms with Gasteiger partial charge in [0.1, 0.15) is 0 Å². The van der Waals surface area contributed by atoms with E-state index in [4.69, 9.17) is 16.3 Å². The number of nitrogens with zero attached hydrogens (tertiary/aromatic N) is 1. The first-order valence-corrected chi connectivity index (χ1v) is 8.10. The molecule has 0 fully saturated rings. The molecule has 108 valence electrons. The predicted molar refractivity (Wildman–Crippen MR) is 87.3 cm³/mol. The van der Waals surface area contributed by atoms with Crippen LogP contribution >= 0.6 is 27.5 Å². The van der Waals surface area contributed by atoms with E-state index >= 15 is 0 Å². The van der Waals surface area contributed by atoms with Gasteiger partial charge in [-0.25, -0.2) is 0 Å². The summed E-state index contributed by atoms with van der Waals surface area (Å²) in [7, 11) is 1.75. The molecule has 0 unspecified atom stereocenters. The van der Waals surface area contributed by atoms with E-state index in [-0.39, 0.29) is 0 Å². The Morgan fingerprint density at radius 2 is 2.00 bits per heavy atom. The summed E-state index contributed by atoms with van der Waals surface area (Å²) in [6.45, 7) is 6.09. The first kappa shape index (κ1) is 16.8. The third-order valence-corrected chi connectivity index (χ3v) is 4.20. The van der Waals surface area contributed by atoms with Gasteiger partial charge in [-0.05, 0) is 36.6 Å². The molecule has 0 saturated carbocycles. The number of hydrogen-bond donors (Lipinski definition) is 0. The fraction of sp³-hybridized carbons (Fsp3) is 0.600. The normalized spacial score (nSPS) is 11.1. The molecule has 0 aliphatic heterocycles. The van der Waals surface area contributed by atoms with Crippen molar-refractivity contribution in [1.82, 2.24) is 0 Å². The van der Waals surface area contributed by atoms with E-state index in [1.165, 1.54) is 11.3 Å². The van der Waals surface area contributed by atoms with Crippen LogP contribution < -0.4 is 4.90 Å². The lowest BCUT2D eigenvalue weighted by atomic mass is 10.1. The number of methoxy groups -OCH3 is 1. The minimum atomic E-state index is 0.526. The number of ether oxygens (including phenoxy) is 1. The smallest absolute Gasteiger partial charge is 0.0637 e. The van der Waals surface area contributed by atoms with Crippen LogP contribution in [0.3, 0.4) is 0 Å². The van der Waals surface area contributed by atoms with E-state index in [1.54, 1.807) is 7.11 Å². The molecule has 1 rings (SSSR count). The minimum absolute atomic E-state index is 0.526. The number of alkyl halides is 1. The zero-order valence-corrected chi connectivity index (χ0v) is 14.3. The first-order chi connectivity index (χ1) is 9.17. The summed E-state index contributed by atoms with van der Waals surface area (Å²) in [5, 5.41) is 0. The van der Waals surface area contributed by atoms with Crippen molar-refractivity contribution in [3.8, 4) is 0 Å². The summed E-state index contributed by atoms with van der Waals surface area (Å²) in [6, 6.07) is 6.85. The van der Waals surface area contributed by atoms with Gasteiger partial charge >= 0.3 is 0 Å². The van der Waals surface area contributed by atoms with Gasteiger partial charge in [0.15, 0.2) is 0 Å². The summed E-state index contributed by atoms with van der Waals surface area (Å²) < 4.78 is 6.32. The zero-order chi connectivity index (χ0) is 14.3. The van der Waals surface area contributed by atoms with Gasteiger partial charge in [-0.3, -0.25) is 0 Å². The van der Waals surface area contributed by atoms with E-state index < -0.39 is 0 Å². The Kier molecular flexibility index (Phi) is 7.81. The van der Waals surface area contributed by atoms with Crippen molar-refractivity contribution in [3.63, 3.8) is 0 Å². The molecule has 0 radical (unpaired) electrons. The monoisotopic (exact) mass is 347 g/mol. The van der Waals surface area contributed by atoms with E-state index in [0.717, 1.165) is 30.5 Å². The van der Waals surface area contributed by atoms with Crippen LogP contribution in [0.1, 0.15) is 32.3 Å². The Balaban J connectivity index is 3.08. The lowest BCUT2D eigenvalue weighted by Gasteiger charge is -2.34. The SMILES string of the molecule is CCC(CC)N(CCOC)c1ccc(Br)cc1CCl. The van der Waals surface area contributed by atoms with Gasteiger partial charge in [-0.1, -0.05) is 29.8 Å². The number of halogens is 2. The molecule has 4 heteroatoms. The second kappa shape index (κ2) is 8.83. The Morgan fingerprint density at radius 1 is 1.32 bits per heavy atom. The fourth-order valence-electron chi connectivity index (χ4n) is 2.36. The van der Waals surface area contributed by atoms with Gasteiger partial charge in [0, 0.05) is 35.7 Å². The lowest BCUT2D eigenvalue weighted by Crippen LogP contribution is -2.37. The largest absolute Gasteiger partial charge is 0.383 e. The van der Waals surface area contributed by atoms with Crippen LogP contribution in [0.25, 0.3) is 0 Å². The van der Waals surface area contributed by atoms with E-state index in [2.05, 4.69) is 52.9 Å². The maximum absolute atomic E-state index is 6.09. The summed E-state index contributed by atoms with van der Waals surface area (Å²) in [5.41, 5.74) is 2.39. The first-order valence-electron chi connectivity index (χ1n) is 6.77. The van der Waals surface area contributed by atoms with Crippen LogP contribution in [-0.2, 0) is 10.6 Å². The molecule has 0 N–H and O–H groups in total. The molecule has 0 atom stereocenters. The lowest BCUT2D eigenvalue weighted by molar-refractivity contribution is 0.202. The van der Waals surface area contributed by atoms with E-state index in [1.807, 2.05) is 0 Å². The molecule has 0 aliphatic rings. The van der Waals surface area contributed by atoms with Gasteiger partial charge in [0.05, 0.1) is 6.61 Å². The van der Waals surface area contributed by atoms with Gasteiger partial charge < -0.3 is 9.64 Å². The van der Waals surface area contributed by atoms with Crippen LogP contribution in [0.5, 0.6) is 0 Å². The summed E-state index contributed by atoms with van der Waals surface area (Å²) >= 11 is 9.60. The molecular weight excluding hydrogens is 326 g/mol. The van der Waals surface area contributed by atoms with Gasteiger partial charge in [0.2, 0.25) is 0 Å². The van der Waals surface area contributed by atoms with Crippen LogP contribution in [0.4, 0.5) is 5.69 Å². The zero-order valence-electron chi connectivity index (χ0n) is 12.0. The van der Waals surface area contributed by atoms with Crippen molar-refractivity contribution in [2.45, 2.75) is 38.6 Å². The Hall–Kier alpha value is -0.250. The number of hydrogen-bond acceptors (Lipinski definition) is 2. The third kappa shape index (κ3) is 4.66. The quantitative estimate of drug-likeness (QED) is 0.624. The molecule has 0 amide bonds. The average Bonchev–Trinajstić information content (AvgIpc) is 2.43. The second-order valence-electron chi connectivity index (χ2n) is 4.56. The van der Waals surface area contributed by atoms with Crippen molar-refractivity contribution in [2.75, 3.05) is 25.2 Å². The third-order valence-electron chi connectivity index (χ3n) is 3.41. The van der Waals surface area contributed by atoms with E-state index in [0.29, 0.717) is 11.9 Å². The predicted octanol–water partition coefficient (Wildman–Crippen LogP) is 4.83. The highest BCUT2D eigenvalue weighted by molar-refractivity contribution is 9.10. The standard InChI is InChI=1S/C15H23BrClNO/c1-4-14(5-2)18(8-9-19-3)15-7-6-13(16)10-12(15)11-17/h6-7,10,14H,4-5,8-9,11H2,1-3H3. The van der Waals surface area contributed by atoms with Gasteiger partial charge in [-0.2, -0.15) is 0 Å². The summed E-state index contributed by atoms with van der Waals surface area (Å²) in [4.78, 5) is 2.42. The summed E-state index contributed by atoms with van der Waals surface area (Å²) in [5.74, 6) is 0.526. The molecule has 0 bridgehead atoms. The molecular formula is C15H23BrClNO. The van der Waals surface area contributed by atoms with Crippen LogP contribution in [0.15, 0.2) is 22.7 Å². The second-order valence-corrected chi connectivity index (χ2v) is 5.75. The number of benzene rings is 1. The Morgan fingerprint density at radius 3 is 2.53 bits per heavy atom. The highest BCUT2D eigenvalue weighted by atomic mass is 79.9. The maximum Gasteiger partial charge on any atom is 0.0637 e. The van der Waals surface area contributed by atoms with Crippen molar-refractivity contribution in [2.24, 2.45) is 0 Å². The topological polar surface area (TPSA) is 12.5 Å². The number of rotatable bonds is 8. The molecule has 0 aromatic heterocycles. The van der Waals surface area contributed by atoms with Crippen LogP contribution in [0.2, 0.25) is 0 Å². The molecule has 0 spiro atoms. The van der Waals surface area contributed by atoms with Crippen LogP contribution in [0, 0.1) is 0 Å². The Labute approximate surface area is 130 Å². The Bertz CT molecular complexity index is 382. The van der Waals surface area contributed by atoms with Crippen LogP contribution in [-0.4, -0.2) is 26.3 Å². The molecule has 0 heterocycles. The molecule has 0 aliphatic carbocycles. The average molecular weight is 349 g/mol. The van der Waals surface area contributed by atoms with Crippen molar-refractivity contribution in [1.29, 1.82) is 0 Å².